The van der Waals surface area contributed by atoms with Gasteiger partial charge in [0.2, 0.25) is 0 Å². The van der Waals surface area contributed by atoms with Crippen LogP contribution in [0.25, 0.3) is 0 Å². The van der Waals surface area contributed by atoms with Crippen LogP contribution in [0.15, 0.2) is 42.6 Å². The second-order valence-corrected chi connectivity index (χ2v) is 7.57. The standard InChI is InChI=1S/C21H25FN6O3/c22-16-2-5-18(6-3-16)28(12-17-4-1-15(11-24-17)20(29)25-23)21(30)27-9-7-26(8-10-27)19-13-31-14-19/h1-6,11,19H,7-10,12-14,23H2,(H,25,29). The van der Waals surface area contributed by atoms with E-state index in [-0.39, 0.29) is 18.4 Å². The van der Waals surface area contributed by atoms with E-state index in [1.807, 2.05) is 0 Å². The fourth-order valence-electron chi connectivity index (χ4n) is 3.67. The van der Waals surface area contributed by atoms with Crippen molar-refractivity contribution in [3.63, 3.8) is 0 Å². The number of hydrazine groups is 1. The smallest absolute Gasteiger partial charge is 0.324 e. The van der Waals surface area contributed by atoms with Crippen molar-refractivity contribution in [2.45, 2.75) is 12.6 Å². The lowest BCUT2D eigenvalue weighted by Crippen LogP contribution is -2.59. The number of nitrogen functional groups attached to an aromatic ring is 1. The number of rotatable bonds is 5. The number of hydrogen-bond acceptors (Lipinski definition) is 6. The highest BCUT2D eigenvalue weighted by molar-refractivity contribution is 5.93. The number of carbonyl (C=O) groups is 2. The summed E-state index contributed by atoms with van der Waals surface area (Å²) in [6.07, 6.45) is 1.41. The summed E-state index contributed by atoms with van der Waals surface area (Å²) < 4.78 is 18.7. The van der Waals surface area contributed by atoms with E-state index in [0.717, 1.165) is 26.3 Å². The van der Waals surface area contributed by atoms with E-state index in [1.54, 1.807) is 34.1 Å². The van der Waals surface area contributed by atoms with Gasteiger partial charge in [-0.3, -0.25) is 25.0 Å². The summed E-state index contributed by atoms with van der Waals surface area (Å²) in [7, 11) is 0. The van der Waals surface area contributed by atoms with Crippen molar-refractivity contribution in [2.75, 3.05) is 44.3 Å². The molecule has 3 heterocycles. The van der Waals surface area contributed by atoms with E-state index in [4.69, 9.17) is 10.6 Å². The van der Waals surface area contributed by atoms with Crippen LogP contribution < -0.4 is 16.2 Å². The summed E-state index contributed by atoms with van der Waals surface area (Å²) in [5.41, 5.74) is 3.55. The molecule has 2 fully saturated rings. The fraction of sp³-hybridized carbons (Fsp3) is 0.381. The molecule has 0 unspecified atom stereocenters. The molecular formula is C21H25FN6O3. The predicted octanol–water partition coefficient (Wildman–Crippen LogP) is 0.967. The molecule has 164 valence electrons. The average molecular weight is 428 g/mol. The number of ether oxygens (including phenoxy) is 1. The lowest BCUT2D eigenvalue weighted by molar-refractivity contribution is -0.0738. The second-order valence-electron chi connectivity index (χ2n) is 7.57. The highest BCUT2D eigenvalue weighted by atomic mass is 19.1. The van der Waals surface area contributed by atoms with Gasteiger partial charge in [-0.2, -0.15) is 0 Å². The van der Waals surface area contributed by atoms with Crippen molar-refractivity contribution >= 4 is 17.6 Å². The number of nitrogens with one attached hydrogen (secondary N) is 1. The second kappa shape index (κ2) is 9.38. The molecule has 2 aliphatic heterocycles. The first-order chi connectivity index (χ1) is 15.0. The lowest BCUT2D eigenvalue weighted by Gasteiger charge is -2.43. The van der Waals surface area contributed by atoms with Crippen LogP contribution in [0.1, 0.15) is 16.1 Å². The molecule has 0 atom stereocenters. The quantitative estimate of drug-likeness (QED) is 0.418. The normalized spacial score (nSPS) is 17.2. The maximum atomic E-state index is 13.5. The molecule has 0 spiro atoms. The fourth-order valence-corrected chi connectivity index (χ4v) is 3.67. The largest absolute Gasteiger partial charge is 0.378 e. The van der Waals surface area contributed by atoms with Gasteiger partial charge in [0, 0.05) is 38.1 Å². The van der Waals surface area contributed by atoms with E-state index in [2.05, 4.69) is 15.3 Å². The van der Waals surface area contributed by atoms with Crippen molar-refractivity contribution in [2.24, 2.45) is 5.84 Å². The molecule has 2 saturated heterocycles. The summed E-state index contributed by atoms with van der Waals surface area (Å²) in [4.78, 5) is 35.0. The van der Waals surface area contributed by atoms with E-state index in [0.29, 0.717) is 36.1 Å². The summed E-state index contributed by atoms with van der Waals surface area (Å²) in [6.45, 7) is 4.48. The van der Waals surface area contributed by atoms with Gasteiger partial charge in [-0.1, -0.05) is 0 Å². The average Bonchev–Trinajstić information content (AvgIpc) is 2.77. The maximum absolute atomic E-state index is 13.5. The number of pyridine rings is 1. The Kier molecular flexibility index (Phi) is 6.40. The lowest BCUT2D eigenvalue weighted by atomic mass is 10.2. The first-order valence-electron chi connectivity index (χ1n) is 10.1. The molecule has 10 heteroatoms. The number of amides is 3. The number of anilines is 1. The number of nitrogens with zero attached hydrogens (tertiary/aromatic N) is 4. The minimum Gasteiger partial charge on any atom is -0.378 e. The molecule has 9 nitrogen and oxygen atoms in total. The van der Waals surface area contributed by atoms with Crippen LogP contribution in [0.5, 0.6) is 0 Å². The van der Waals surface area contributed by atoms with Gasteiger partial charge in [-0.25, -0.2) is 15.0 Å². The minimum atomic E-state index is -0.444. The number of halogens is 1. The number of aromatic nitrogens is 1. The van der Waals surface area contributed by atoms with Gasteiger partial charge in [-0.05, 0) is 36.4 Å². The monoisotopic (exact) mass is 428 g/mol. The molecule has 3 amide bonds. The Morgan fingerprint density at radius 2 is 1.84 bits per heavy atom. The number of benzene rings is 1. The third-order valence-electron chi connectivity index (χ3n) is 5.63. The number of hydrogen-bond donors (Lipinski definition) is 2. The molecule has 4 rings (SSSR count). The van der Waals surface area contributed by atoms with Crippen molar-refractivity contribution in [1.29, 1.82) is 0 Å². The van der Waals surface area contributed by atoms with Gasteiger partial charge in [0.15, 0.2) is 0 Å². The van der Waals surface area contributed by atoms with Gasteiger partial charge in [0.1, 0.15) is 5.82 Å². The minimum absolute atomic E-state index is 0.165. The van der Waals surface area contributed by atoms with Crippen LogP contribution >= 0.6 is 0 Å². The molecule has 0 aliphatic carbocycles. The first kappa shape index (κ1) is 21.2. The Bertz CT molecular complexity index is 912. The summed E-state index contributed by atoms with van der Waals surface area (Å²) in [5.74, 6) is 4.33. The Balaban J connectivity index is 1.49. The number of carbonyl (C=O) groups excluding carboxylic acids is 2. The van der Waals surface area contributed by atoms with Crippen LogP contribution in [-0.4, -0.2) is 72.2 Å². The molecule has 0 bridgehead atoms. The first-order valence-corrected chi connectivity index (χ1v) is 10.1. The zero-order valence-corrected chi connectivity index (χ0v) is 17.0. The molecular weight excluding hydrogens is 403 g/mol. The van der Waals surface area contributed by atoms with Gasteiger partial charge in [0.25, 0.3) is 5.91 Å². The maximum Gasteiger partial charge on any atom is 0.324 e. The molecule has 2 aliphatic rings. The van der Waals surface area contributed by atoms with E-state index in [9.17, 15) is 14.0 Å². The summed E-state index contributed by atoms with van der Waals surface area (Å²) in [6, 6.07) is 9.34. The Labute approximate surface area is 179 Å². The number of piperazine rings is 1. The van der Waals surface area contributed by atoms with Crippen molar-refractivity contribution < 1.29 is 18.7 Å². The number of urea groups is 1. The van der Waals surface area contributed by atoms with E-state index < -0.39 is 5.91 Å². The zero-order chi connectivity index (χ0) is 21.8. The summed E-state index contributed by atoms with van der Waals surface area (Å²) >= 11 is 0. The molecule has 1 aromatic heterocycles. The molecule has 0 saturated carbocycles. The molecule has 2 aromatic rings. The third kappa shape index (κ3) is 4.82. The van der Waals surface area contributed by atoms with E-state index >= 15 is 0 Å². The van der Waals surface area contributed by atoms with E-state index in [1.165, 1.54) is 18.3 Å². The van der Waals surface area contributed by atoms with Crippen LogP contribution in [-0.2, 0) is 11.3 Å². The molecule has 3 N–H and O–H groups in total. The van der Waals surface area contributed by atoms with Crippen LogP contribution in [0.2, 0.25) is 0 Å². The highest BCUT2D eigenvalue weighted by Crippen LogP contribution is 2.21. The topological polar surface area (TPSA) is 104 Å². The Hall–Kier alpha value is -3.08. The molecule has 1 aromatic carbocycles. The Morgan fingerprint density at radius 3 is 2.39 bits per heavy atom. The van der Waals surface area contributed by atoms with Crippen LogP contribution in [0, 0.1) is 5.82 Å². The number of nitrogens with two attached hydrogens (primary N) is 1. The van der Waals surface area contributed by atoms with Crippen LogP contribution in [0.4, 0.5) is 14.9 Å². The van der Waals surface area contributed by atoms with Gasteiger partial charge < -0.3 is 9.64 Å². The molecule has 31 heavy (non-hydrogen) atoms. The van der Waals surface area contributed by atoms with Crippen molar-refractivity contribution in [3.8, 4) is 0 Å². The van der Waals surface area contributed by atoms with Crippen LogP contribution in [0.3, 0.4) is 0 Å². The zero-order valence-electron chi connectivity index (χ0n) is 17.0. The Morgan fingerprint density at radius 1 is 1.13 bits per heavy atom. The van der Waals surface area contributed by atoms with Gasteiger partial charge in [0.05, 0.1) is 37.1 Å². The van der Waals surface area contributed by atoms with Gasteiger partial charge >= 0.3 is 6.03 Å². The molecule has 0 radical (unpaired) electrons. The van der Waals surface area contributed by atoms with Crippen molar-refractivity contribution in [3.05, 3.63) is 59.7 Å². The predicted molar refractivity (Wildman–Crippen MR) is 112 cm³/mol. The summed E-state index contributed by atoms with van der Waals surface area (Å²) in [5, 5.41) is 0. The van der Waals surface area contributed by atoms with Crippen molar-refractivity contribution in [1.82, 2.24) is 20.2 Å². The van der Waals surface area contributed by atoms with Gasteiger partial charge in [-0.15, -0.1) is 0 Å². The highest BCUT2D eigenvalue weighted by Gasteiger charge is 2.32. The third-order valence-corrected chi connectivity index (χ3v) is 5.63. The SMILES string of the molecule is NNC(=O)c1ccc(CN(C(=O)N2CCN(C3COC3)CC2)c2ccc(F)cc2)nc1.